The number of ether oxygens (including phenoxy) is 2. The lowest BCUT2D eigenvalue weighted by atomic mass is 10.1. The molecule has 1 aromatic heterocycles. The second-order valence-electron chi connectivity index (χ2n) is 5.82. The van der Waals surface area contributed by atoms with Crippen LogP contribution in [0.25, 0.3) is 4.91 Å². The van der Waals surface area contributed by atoms with Gasteiger partial charge in [-0.25, -0.2) is 4.79 Å². The molecule has 140 valence electrons. The first kappa shape index (κ1) is 18.0. The molecule has 1 fully saturated rings. The number of methoxy groups -OCH3 is 1. The Kier molecular flexibility index (Phi) is 4.64. The molecular formula is C16H14BrN5O4S. The molecule has 3 heterocycles. The van der Waals surface area contributed by atoms with Crippen LogP contribution in [0.3, 0.4) is 0 Å². The number of benzene rings is 1. The normalized spacial score (nSPS) is 21.1. The van der Waals surface area contributed by atoms with Gasteiger partial charge in [-0.05, 0) is 22.9 Å². The molecule has 1 saturated heterocycles. The van der Waals surface area contributed by atoms with Crippen LogP contribution >= 0.6 is 27.7 Å². The van der Waals surface area contributed by atoms with Crippen LogP contribution in [0.5, 0.6) is 5.75 Å². The van der Waals surface area contributed by atoms with E-state index < -0.39 is 5.97 Å². The van der Waals surface area contributed by atoms with Gasteiger partial charge in [0.1, 0.15) is 28.3 Å². The maximum absolute atomic E-state index is 12.8. The predicted molar refractivity (Wildman–Crippen MR) is 99.4 cm³/mol. The maximum Gasteiger partial charge on any atom is 0.356 e. The highest BCUT2D eigenvalue weighted by atomic mass is 79.9. The second-order valence-corrected chi connectivity index (χ2v) is 7.94. The summed E-state index contributed by atoms with van der Waals surface area (Å²) in [5.74, 6) is 0.216. The van der Waals surface area contributed by atoms with E-state index >= 15 is 0 Å². The minimum absolute atomic E-state index is 0.0720. The van der Waals surface area contributed by atoms with Crippen molar-refractivity contribution in [2.75, 3.05) is 7.11 Å². The Morgan fingerprint density at radius 3 is 2.70 bits per heavy atom. The number of amides is 1. The summed E-state index contributed by atoms with van der Waals surface area (Å²) in [5, 5.41) is 11.7. The van der Waals surface area contributed by atoms with Crippen LogP contribution in [-0.4, -0.2) is 54.3 Å². The topological polar surface area (TPSA) is 99.4 Å². The minimum Gasteiger partial charge on any atom is -0.497 e. The summed E-state index contributed by atoms with van der Waals surface area (Å²) in [5.41, 5.74) is 0.964. The van der Waals surface area contributed by atoms with E-state index in [9.17, 15) is 9.59 Å². The van der Waals surface area contributed by atoms with Gasteiger partial charge in [-0.1, -0.05) is 39.8 Å². The Labute approximate surface area is 166 Å². The van der Waals surface area contributed by atoms with Crippen molar-refractivity contribution in [2.45, 2.75) is 16.8 Å². The molecule has 2 aromatic rings. The van der Waals surface area contributed by atoms with E-state index in [1.807, 2.05) is 0 Å². The van der Waals surface area contributed by atoms with Gasteiger partial charge < -0.3 is 9.47 Å². The molecule has 1 amide bonds. The number of β-lactam (4-membered cyclic amide) rings is 1. The molecule has 1 aromatic carbocycles. The number of hydrogen-bond acceptors (Lipinski definition) is 8. The van der Waals surface area contributed by atoms with Crippen molar-refractivity contribution in [1.82, 2.24) is 25.1 Å². The van der Waals surface area contributed by atoms with Gasteiger partial charge in [0.05, 0.1) is 19.1 Å². The van der Waals surface area contributed by atoms with Crippen LogP contribution in [0.2, 0.25) is 0 Å². The molecule has 2 aliphatic rings. The molecule has 2 atom stereocenters. The van der Waals surface area contributed by atoms with Crippen molar-refractivity contribution in [1.29, 1.82) is 0 Å². The lowest BCUT2D eigenvalue weighted by molar-refractivity contribution is -0.148. The Balaban J connectivity index is 1.57. The highest BCUT2D eigenvalue weighted by Gasteiger charge is 2.56. The van der Waals surface area contributed by atoms with E-state index in [0.717, 1.165) is 5.56 Å². The van der Waals surface area contributed by atoms with Gasteiger partial charge in [0, 0.05) is 0 Å². The molecule has 0 unspecified atom stereocenters. The molecule has 0 radical (unpaired) electrons. The number of esters is 1. The number of alkyl halides is 1. The molecular weight excluding hydrogens is 438 g/mol. The van der Waals surface area contributed by atoms with Gasteiger partial charge in [-0.3, -0.25) is 9.69 Å². The van der Waals surface area contributed by atoms with E-state index in [1.165, 1.54) is 21.5 Å². The van der Waals surface area contributed by atoms with Crippen LogP contribution < -0.4 is 4.74 Å². The third kappa shape index (κ3) is 3.10. The smallest absolute Gasteiger partial charge is 0.356 e. The fourth-order valence-corrected chi connectivity index (χ4v) is 4.78. The standard InChI is InChI=1S/C16H14BrN5O4S/c1-21-19-13(18-20-21)12-11(22-14(23)10(17)15(22)27-12)16(24)26-7-8-3-5-9(25-2)6-4-8/h3-6,10,15H,7H2,1-2H3/t10-,15+/m0/s1. The predicted octanol–water partition coefficient (Wildman–Crippen LogP) is 1.31. The Morgan fingerprint density at radius 1 is 1.33 bits per heavy atom. The lowest BCUT2D eigenvalue weighted by Crippen LogP contribution is -2.58. The van der Waals surface area contributed by atoms with Crippen molar-refractivity contribution < 1.29 is 19.1 Å². The Bertz CT molecular complexity index is 945. The van der Waals surface area contributed by atoms with Crippen molar-refractivity contribution in [3.05, 3.63) is 41.4 Å². The van der Waals surface area contributed by atoms with Crippen molar-refractivity contribution in [3.8, 4) is 5.75 Å². The largest absolute Gasteiger partial charge is 0.497 e. The summed E-state index contributed by atoms with van der Waals surface area (Å²) in [6.45, 7) is 0.0720. The molecule has 2 aliphatic heterocycles. The first-order chi connectivity index (χ1) is 13.0. The molecule has 4 rings (SSSR count). The van der Waals surface area contributed by atoms with E-state index in [-0.39, 0.29) is 28.4 Å². The second kappa shape index (κ2) is 6.97. The molecule has 0 aliphatic carbocycles. The monoisotopic (exact) mass is 451 g/mol. The Hall–Kier alpha value is -2.40. The summed E-state index contributed by atoms with van der Waals surface area (Å²) in [4.78, 5) is 27.8. The van der Waals surface area contributed by atoms with Gasteiger partial charge in [0.25, 0.3) is 0 Å². The van der Waals surface area contributed by atoms with Crippen molar-refractivity contribution in [2.24, 2.45) is 7.05 Å². The first-order valence-corrected chi connectivity index (χ1v) is 9.71. The zero-order valence-electron chi connectivity index (χ0n) is 14.3. The number of aromatic nitrogens is 4. The van der Waals surface area contributed by atoms with Crippen molar-refractivity contribution >= 4 is 44.5 Å². The lowest BCUT2D eigenvalue weighted by Gasteiger charge is -2.39. The van der Waals surface area contributed by atoms with E-state index in [1.54, 1.807) is 38.4 Å². The van der Waals surface area contributed by atoms with Crippen LogP contribution in [0, 0.1) is 0 Å². The summed E-state index contributed by atoms with van der Waals surface area (Å²) in [7, 11) is 3.21. The number of halogens is 1. The summed E-state index contributed by atoms with van der Waals surface area (Å²) in [6, 6.07) is 7.18. The van der Waals surface area contributed by atoms with Gasteiger partial charge >= 0.3 is 5.97 Å². The van der Waals surface area contributed by atoms with Crippen molar-refractivity contribution in [3.63, 3.8) is 0 Å². The molecule has 0 spiro atoms. The van der Waals surface area contributed by atoms with Gasteiger partial charge in [0.2, 0.25) is 11.7 Å². The van der Waals surface area contributed by atoms with Gasteiger partial charge in [0.15, 0.2) is 0 Å². The quantitative estimate of drug-likeness (QED) is 0.381. The molecule has 0 saturated carbocycles. The molecule has 9 nitrogen and oxygen atoms in total. The van der Waals surface area contributed by atoms with Gasteiger partial charge in [-0.2, -0.15) is 4.80 Å². The average Bonchev–Trinajstić information content (AvgIpc) is 3.27. The fraction of sp³-hybridized carbons (Fsp3) is 0.312. The van der Waals surface area contributed by atoms with E-state index in [2.05, 4.69) is 31.3 Å². The zero-order chi connectivity index (χ0) is 19.1. The third-order valence-corrected chi connectivity index (χ3v) is 6.68. The fourth-order valence-electron chi connectivity index (χ4n) is 2.73. The summed E-state index contributed by atoms with van der Waals surface area (Å²) >= 11 is 4.68. The SMILES string of the molecule is COc1ccc(COC(=O)C2=C(c3nnn(C)n3)S[C@@H]3[C@@H](Br)C(=O)N23)cc1. The molecule has 0 N–H and O–H groups in total. The number of carbonyl (C=O) groups is 2. The number of aryl methyl sites for hydroxylation is 1. The van der Waals surface area contributed by atoms with E-state index in [0.29, 0.717) is 16.5 Å². The number of rotatable bonds is 5. The number of nitrogens with zero attached hydrogens (tertiary/aromatic N) is 5. The first-order valence-electron chi connectivity index (χ1n) is 7.92. The minimum atomic E-state index is -0.601. The Morgan fingerprint density at radius 2 is 2.07 bits per heavy atom. The van der Waals surface area contributed by atoms with Gasteiger partial charge in [-0.15, -0.1) is 10.2 Å². The summed E-state index contributed by atoms with van der Waals surface area (Å²) < 4.78 is 10.5. The third-order valence-electron chi connectivity index (χ3n) is 4.11. The van der Waals surface area contributed by atoms with Crippen LogP contribution in [0.4, 0.5) is 0 Å². The molecule has 27 heavy (non-hydrogen) atoms. The highest BCUT2D eigenvalue weighted by Crippen LogP contribution is 2.52. The van der Waals surface area contributed by atoms with E-state index in [4.69, 9.17) is 9.47 Å². The van der Waals surface area contributed by atoms with Crippen LogP contribution in [0.15, 0.2) is 30.0 Å². The molecule has 11 heteroatoms. The highest BCUT2D eigenvalue weighted by molar-refractivity contribution is 9.10. The maximum atomic E-state index is 12.8. The van der Waals surface area contributed by atoms with Crippen LogP contribution in [0.1, 0.15) is 11.4 Å². The number of thioether (sulfide) groups is 1. The number of carbonyl (C=O) groups excluding carboxylic acids is 2. The number of fused-ring (bicyclic) bond motifs is 1. The number of tetrazole rings is 1. The molecule has 0 bridgehead atoms. The number of hydrogen-bond donors (Lipinski definition) is 0. The zero-order valence-corrected chi connectivity index (χ0v) is 16.7. The average molecular weight is 452 g/mol. The van der Waals surface area contributed by atoms with Crippen LogP contribution in [-0.2, 0) is 28.0 Å². The summed E-state index contributed by atoms with van der Waals surface area (Å²) in [6.07, 6.45) is 0.